The highest BCUT2D eigenvalue weighted by Gasteiger charge is 2.35. The average Bonchev–Trinajstić information content (AvgIpc) is 3.03. The highest BCUT2D eigenvalue weighted by Crippen LogP contribution is 2.31. The van der Waals surface area contributed by atoms with Crippen LogP contribution in [-0.4, -0.2) is 46.6 Å². The maximum atomic E-state index is 12.7. The molecule has 0 fully saturated rings. The van der Waals surface area contributed by atoms with Gasteiger partial charge in [0.1, 0.15) is 5.75 Å². The van der Waals surface area contributed by atoms with E-state index in [1.165, 1.54) is 6.08 Å². The molecule has 6 nitrogen and oxygen atoms in total. The number of hydrogen-bond donors (Lipinski definition) is 0. The normalized spacial score (nSPS) is 15.3. The summed E-state index contributed by atoms with van der Waals surface area (Å²) in [7, 11) is 1.59. The molecule has 1 aliphatic heterocycles. The van der Waals surface area contributed by atoms with Gasteiger partial charge in [0.15, 0.2) is 0 Å². The lowest BCUT2D eigenvalue weighted by Crippen LogP contribution is -2.34. The number of tetrazole rings is 1. The number of rotatable bonds is 4. The summed E-state index contributed by atoms with van der Waals surface area (Å²) >= 11 is 0. The number of aromatic nitrogens is 4. The van der Waals surface area contributed by atoms with Gasteiger partial charge in [-0.15, -0.1) is 0 Å². The number of alkyl halides is 3. The molecule has 128 valence electrons. The highest BCUT2D eigenvalue weighted by molar-refractivity contribution is 5.35. The zero-order valence-corrected chi connectivity index (χ0v) is 13.0. The summed E-state index contributed by atoms with van der Waals surface area (Å²) in [5.74, 6) is 1.21. The van der Waals surface area contributed by atoms with Crippen LogP contribution in [0.5, 0.6) is 5.75 Å². The summed E-state index contributed by atoms with van der Waals surface area (Å²) in [6.45, 7) is 0.796. The van der Waals surface area contributed by atoms with Crippen LogP contribution in [0, 0.1) is 0 Å². The van der Waals surface area contributed by atoms with Crippen LogP contribution in [-0.2, 0) is 6.54 Å². The van der Waals surface area contributed by atoms with Gasteiger partial charge < -0.3 is 9.64 Å². The van der Waals surface area contributed by atoms with E-state index in [1.807, 2.05) is 24.3 Å². The number of methoxy groups -OCH3 is 1. The Kier molecular flexibility index (Phi) is 4.41. The van der Waals surface area contributed by atoms with E-state index < -0.39 is 11.7 Å². The van der Waals surface area contributed by atoms with Gasteiger partial charge in [0, 0.05) is 18.7 Å². The third-order valence-corrected chi connectivity index (χ3v) is 3.86. The number of ether oxygens (including phenoxy) is 1. The number of anilines is 1. The number of hydrogen-bond acceptors (Lipinski definition) is 5. The van der Waals surface area contributed by atoms with Gasteiger partial charge in [0.25, 0.3) is 0 Å². The first-order chi connectivity index (χ1) is 11.5. The van der Waals surface area contributed by atoms with Crippen LogP contribution in [0.25, 0.3) is 0 Å². The minimum absolute atomic E-state index is 0.0705. The molecular weight excluding hydrogens is 323 g/mol. The fourth-order valence-corrected chi connectivity index (χ4v) is 2.54. The molecule has 0 N–H and O–H groups in total. The topological polar surface area (TPSA) is 56.1 Å². The minimum Gasteiger partial charge on any atom is -0.497 e. The van der Waals surface area contributed by atoms with E-state index in [9.17, 15) is 13.2 Å². The third kappa shape index (κ3) is 3.50. The van der Waals surface area contributed by atoms with E-state index in [-0.39, 0.29) is 19.5 Å². The smallest absolute Gasteiger partial charge is 0.412 e. The predicted molar refractivity (Wildman–Crippen MR) is 80.9 cm³/mol. The van der Waals surface area contributed by atoms with Crippen LogP contribution in [0.1, 0.15) is 12.0 Å². The molecule has 1 aliphatic rings. The Morgan fingerprint density at radius 2 is 1.96 bits per heavy atom. The summed E-state index contributed by atoms with van der Waals surface area (Å²) < 4.78 is 44.8. The maximum Gasteiger partial charge on any atom is 0.412 e. The summed E-state index contributed by atoms with van der Waals surface area (Å²) in [4.78, 5) is 1.73. The molecule has 1 aromatic heterocycles. The zero-order chi connectivity index (χ0) is 17.2. The average molecular weight is 339 g/mol. The molecule has 3 rings (SSSR count). The molecule has 0 aliphatic carbocycles. The van der Waals surface area contributed by atoms with Crippen LogP contribution in [0.4, 0.5) is 19.1 Å². The van der Waals surface area contributed by atoms with Crippen molar-refractivity contribution >= 4 is 5.95 Å². The van der Waals surface area contributed by atoms with E-state index in [0.717, 1.165) is 11.3 Å². The van der Waals surface area contributed by atoms with Gasteiger partial charge in [0.2, 0.25) is 5.95 Å². The third-order valence-electron chi connectivity index (χ3n) is 3.86. The van der Waals surface area contributed by atoms with Crippen molar-refractivity contribution in [2.75, 3.05) is 25.1 Å². The molecule has 0 amide bonds. The van der Waals surface area contributed by atoms with E-state index in [1.54, 1.807) is 16.7 Å². The molecular formula is C15H16F3N5O. The van der Waals surface area contributed by atoms with Crippen molar-refractivity contribution in [1.82, 2.24) is 20.2 Å². The molecule has 9 heteroatoms. The minimum atomic E-state index is -4.26. The molecule has 0 atom stereocenters. The first-order valence-electron chi connectivity index (χ1n) is 7.37. The van der Waals surface area contributed by atoms with Gasteiger partial charge in [-0.1, -0.05) is 23.3 Å². The van der Waals surface area contributed by atoms with Crippen molar-refractivity contribution in [3.63, 3.8) is 0 Å². The molecule has 2 heterocycles. The Hall–Kier alpha value is -2.58. The number of nitrogens with zero attached hydrogens (tertiary/aromatic N) is 5. The summed E-state index contributed by atoms with van der Waals surface area (Å²) in [5, 5.41) is 11.5. The van der Waals surface area contributed by atoms with Gasteiger partial charge in [-0.05, 0) is 34.5 Å². The van der Waals surface area contributed by atoms with Crippen LogP contribution in [0.3, 0.4) is 0 Å². The second-order valence-electron chi connectivity index (χ2n) is 5.41. The standard InChI is InChI=1S/C15H16F3N5O/c1-24-13-4-2-11(3-5-13)10-23-14(19-20-21-23)22-8-6-12(7-9-22)15(16,17)18/h2-6H,7-10H2,1H3. The van der Waals surface area contributed by atoms with Gasteiger partial charge in [0.05, 0.1) is 13.7 Å². The summed E-state index contributed by atoms with van der Waals surface area (Å²) in [5.41, 5.74) is 0.473. The summed E-state index contributed by atoms with van der Waals surface area (Å²) in [6.07, 6.45) is -3.14. The van der Waals surface area contributed by atoms with Gasteiger partial charge >= 0.3 is 6.18 Å². The molecule has 0 saturated carbocycles. The van der Waals surface area contributed by atoms with Crippen LogP contribution in [0.15, 0.2) is 35.9 Å². The first kappa shape index (κ1) is 16.3. The fraction of sp³-hybridized carbons (Fsp3) is 0.400. The molecule has 1 aromatic carbocycles. The lowest BCUT2D eigenvalue weighted by Gasteiger charge is -2.27. The van der Waals surface area contributed by atoms with Crippen molar-refractivity contribution in [2.45, 2.75) is 19.1 Å². The predicted octanol–water partition coefficient (Wildman–Crippen LogP) is 2.43. The molecule has 0 saturated heterocycles. The molecule has 0 bridgehead atoms. The van der Waals surface area contributed by atoms with Crippen LogP contribution < -0.4 is 9.64 Å². The van der Waals surface area contributed by atoms with E-state index in [2.05, 4.69) is 15.5 Å². The van der Waals surface area contributed by atoms with E-state index in [4.69, 9.17) is 4.74 Å². The Morgan fingerprint density at radius 1 is 1.21 bits per heavy atom. The van der Waals surface area contributed by atoms with Crippen molar-refractivity contribution in [3.8, 4) is 5.75 Å². The van der Waals surface area contributed by atoms with Gasteiger partial charge in [-0.25, -0.2) is 4.68 Å². The van der Waals surface area contributed by atoms with Crippen molar-refractivity contribution in [1.29, 1.82) is 0 Å². The Bertz CT molecular complexity index is 723. The van der Waals surface area contributed by atoms with Crippen LogP contribution >= 0.6 is 0 Å². The van der Waals surface area contributed by atoms with Crippen molar-refractivity contribution in [3.05, 3.63) is 41.5 Å². The Morgan fingerprint density at radius 3 is 2.54 bits per heavy atom. The first-order valence-corrected chi connectivity index (χ1v) is 7.37. The SMILES string of the molecule is COc1ccc(Cn2nnnc2N2CC=C(C(F)(F)F)CC2)cc1. The zero-order valence-electron chi connectivity index (χ0n) is 13.0. The highest BCUT2D eigenvalue weighted by atomic mass is 19.4. The van der Waals surface area contributed by atoms with Crippen molar-refractivity contribution in [2.24, 2.45) is 0 Å². The second kappa shape index (κ2) is 6.50. The van der Waals surface area contributed by atoms with Gasteiger partial charge in [-0.3, -0.25) is 0 Å². The lowest BCUT2D eigenvalue weighted by atomic mass is 10.1. The largest absolute Gasteiger partial charge is 0.497 e. The molecule has 0 radical (unpaired) electrons. The van der Waals surface area contributed by atoms with Crippen LogP contribution in [0.2, 0.25) is 0 Å². The molecule has 24 heavy (non-hydrogen) atoms. The number of benzene rings is 1. The van der Waals surface area contributed by atoms with Gasteiger partial charge in [-0.2, -0.15) is 13.2 Å². The molecule has 0 spiro atoms. The summed E-state index contributed by atoms with van der Waals surface area (Å²) in [6, 6.07) is 7.45. The monoisotopic (exact) mass is 339 g/mol. The van der Waals surface area contributed by atoms with E-state index >= 15 is 0 Å². The Labute approximate surface area is 136 Å². The number of halogens is 3. The maximum absolute atomic E-state index is 12.7. The molecule has 2 aromatic rings. The fourth-order valence-electron chi connectivity index (χ4n) is 2.54. The van der Waals surface area contributed by atoms with Crippen molar-refractivity contribution < 1.29 is 17.9 Å². The Balaban J connectivity index is 1.73. The van der Waals surface area contributed by atoms with E-state index in [0.29, 0.717) is 12.5 Å². The second-order valence-corrected chi connectivity index (χ2v) is 5.41. The lowest BCUT2D eigenvalue weighted by molar-refractivity contribution is -0.0944. The molecule has 0 unspecified atom stereocenters. The quantitative estimate of drug-likeness (QED) is 0.801.